The van der Waals surface area contributed by atoms with Gasteiger partial charge in [-0.05, 0) is 37.7 Å². The summed E-state index contributed by atoms with van der Waals surface area (Å²) in [5.74, 6) is -0.247. The number of ketones is 1. The molecule has 2 nitrogen and oxygen atoms in total. The highest BCUT2D eigenvalue weighted by molar-refractivity contribution is 5.99. The molecule has 0 aromatic heterocycles. The number of hydrogen-bond donors (Lipinski definition) is 1. The Labute approximate surface area is 131 Å². The normalized spacial score (nSPS) is 28.3. The molecule has 0 heterocycles. The van der Waals surface area contributed by atoms with Crippen molar-refractivity contribution < 1.29 is 9.90 Å². The van der Waals surface area contributed by atoms with Gasteiger partial charge >= 0.3 is 0 Å². The lowest BCUT2D eigenvalue weighted by molar-refractivity contribution is -0.0301. The highest BCUT2D eigenvalue weighted by atomic mass is 16.3. The largest absolute Gasteiger partial charge is 0.389 e. The maximum Gasteiger partial charge on any atom is 0.169 e. The van der Waals surface area contributed by atoms with Gasteiger partial charge in [0.15, 0.2) is 5.78 Å². The second-order valence-electron chi connectivity index (χ2n) is 6.47. The molecule has 22 heavy (non-hydrogen) atoms. The summed E-state index contributed by atoms with van der Waals surface area (Å²) in [5, 5.41) is 10.9. The van der Waals surface area contributed by atoms with Crippen molar-refractivity contribution in [3.63, 3.8) is 0 Å². The molecule has 0 aliphatic heterocycles. The van der Waals surface area contributed by atoms with Gasteiger partial charge in [-0.3, -0.25) is 4.79 Å². The van der Waals surface area contributed by atoms with Crippen molar-refractivity contribution in [3.05, 3.63) is 71.8 Å². The summed E-state index contributed by atoms with van der Waals surface area (Å²) in [6, 6.07) is 19.5. The number of carbonyl (C=O) groups is 1. The minimum absolute atomic E-state index is 0.0548. The molecule has 2 aromatic carbocycles. The van der Waals surface area contributed by atoms with Gasteiger partial charge in [0.05, 0.1) is 11.5 Å². The third-order valence-corrected chi connectivity index (χ3v) is 4.84. The van der Waals surface area contributed by atoms with Gasteiger partial charge in [0.1, 0.15) is 0 Å². The maximum atomic E-state index is 13.0. The SMILES string of the molecule is C[C@]1(O)CCC[C@H](c2ccccc2)[C@H]1C(=O)c1ccccc1. The average molecular weight is 294 g/mol. The molecular weight excluding hydrogens is 272 g/mol. The van der Waals surface area contributed by atoms with E-state index < -0.39 is 5.60 Å². The molecule has 2 aromatic rings. The van der Waals surface area contributed by atoms with E-state index in [-0.39, 0.29) is 17.6 Å². The zero-order valence-corrected chi connectivity index (χ0v) is 12.9. The molecule has 1 N–H and O–H groups in total. The maximum absolute atomic E-state index is 13.0. The van der Waals surface area contributed by atoms with Crippen LogP contribution in [-0.4, -0.2) is 16.5 Å². The molecule has 114 valence electrons. The van der Waals surface area contributed by atoms with Gasteiger partial charge < -0.3 is 5.11 Å². The van der Waals surface area contributed by atoms with E-state index in [1.165, 1.54) is 0 Å². The van der Waals surface area contributed by atoms with E-state index in [9.17, 15) is 9.90 Å². The molecule has 0 bridgehead atoms. The first-order chi connectivity index (χ1) is 10.6. The fraction of sp³-hybridized carbons (Fsp3) is 0.350. The van der Waals surface area contributed by atoms with Crippen molar-refractivity contribution in [2.45, 2.75) is 37.7 Å². The molecule has 2 heteroatoms. The first-order valence-electron chi connectivity index (χ1n) is 7.96. The Balaban J connectivity index is 2.00. The molecule has 3 atom stereocenters. The highest BCUT2D eigenvalue weighted by Crippen LogP contribution is 2.45. The second-order valence-corrected chi connectivity index (χ2v) is 6.47. The summed E-state index contributed by atoms with van der Waals surface area (Å²) in [7, 11) is 0. The first-order valence-corrected chi connectivity index (χ1v) is 7.96. The fourth-order valence-corrected chi connectivity index (χ4v) is 3.74. The molecule has 1 saturated carbocycles. The van der Waals surface area contributed by atoms with Crippen molar-refractivity contribution >= 4 is 5.78 Å². The molecule has 0 saturated heterocycles. The Morgan fingerprint density at radius 3 is 2.27 bits per heavy atom. The average Bonchev–Trinajstić information content (AvgIpc) is 2.55. The Bertz CT molecular complexity index is 631. The van der Waals surface area contributed by atoms with Crippen molar-refractivity contribution in [2.75, 3.05) is 0 Å². The summed E-state index contributed by atoms with van der Waals surface area (Å²) < 4.78 is 0. The standard InChI is InChI=1S/C20H22O2/c1-20(22)14-8-13-17(15-9-4-2-5-10-15)18(20)19(21)16-11-6-3-7-12-16/h2-7,9-12,17-18,22H,8,13-14H2,1H3/t17-,18+,20+/m1/s1. The van der Waals surface area contributed by atoms with Crippen molar-refractivity contribution in [1.29, 1.82) is 0 Å². The molecular formula is C20H22O2. The van der Waals surface area contributed by atoms with Gasteiger partial charge in [-0.2, -0.15) is 0 Å². The highest BCUT2D eigenvalue weighted by Gasteiger charge is 2.45. The van der Waals surface area contributed by atoms with E-state index in [2.05, 4.69) is 12.1 Å². The third kappa shape index (κ3) is 2.84. The lowest BCUT2D eigenvalue weighted by Crippen LogP contribution is -2.46. The van der Waals surface area contributed by atoms with E-state index in [0.29, 0.717) is 12.0 Å². The lowest BCUT2D eigenvalue weighted by atomic mass is 9.65. The predicted octanol–water partition coefficient (Wildman–Crippen LogP) is 4.20. The van der Waals surface area contributed by atoms with Crippen molar-refractivity contribution in [1.82, 2.24) is 0 Å². The number of rotatable bonds is 3. The number of hydrogen-bond acceptors (Lipinski definition) is 2. The number of carbonyl (C=O) groups excluding carboxylic acids is 1. The molecule has 0 spiro atoms. The Hall–Kier alpha value is -1.93. The van der Waals surface area contributed by atoms with Gasteiger partial charge in [0.2, 0.25) is 0 Å². The van der Waals surface area contributed by atoms with Crippen LogP contribution in [0.15, 0.2) is 60.7 Å². The van der Waals surface area contributed by atoms with Gasteiger partial charge in [-0.25, -0.2) is 0 Å². The van der Waals surface area contributed by atoms with Crippen LogP contribution in [-0.2, 0) is 0 Å². The molecule has 0 unspecified atom stereocenters. The van der Waals surface area contributed by atoms with E-state index in [1.807, 2.05) is 55.5 Å². The monoisotopic (exact) mass is 294 g/mol. The van der Waals surface area contributed by atoms with Crippen LogP contribution in [0.5, 0.6) is 0 Å². The zero-order valence-electron chi connectivity index (χ0n) is 12.9. The summed E-state index contributed by atoms with van der Waals surface area (Å²) in [6.07, 6.45) is 2.58. The van der Waals surface area contributed by atoms with Crippen LogP contribution in [0.4, 0.5) is 0 Å². The Kier molecular flexibility index (Phi) is 4.12. The van der Waals surface area contributed by atoms with Gasteiger partial charge in [0.25, 0.3) is 0 Å². The van der Waals surface area contributed by atoms with E-state index in [0.717, 1.165) is 18.4 Å². The van der Waals surface area contributed by atoms with E-state index >= 15 is 0 Å². The van der Waals surface area contributed by atoms with Crippen LogP contribution in [0, 0.1) is 5.92 Å². The van der Waals surface area contributed by atoms with Crippen LogP contribution in [0.3, 0.4) is 0 Å². The van der Waals surface area contributed by atoms with Crippen LogP contribution < -0.4 is 0 Å². The van der Waals surface area contributed by atoms with Crippen LogP contribution in [0.25, 0.3) is 0 Å². The quantitative estimate of drug-likeness (QED) is 0.861. The summed E-state index contributed by atoms with van der Waals surface area (Å²) in [4.78, 5) is 13.0. The Morgan fingerprint density at radius 1 is 1.05 bits per heavy atom. The lowest BCUT2D eigenvalue weighted by Gasteiger charge is -2.42. The zero-order chi connectivity index (χ0) is 15.6. The Morgan fingerprint density at radius 2 is 1.64 bits per heavy atom. The second kappa shape index (κ2) is 6.05. The van der Waals surface area contributed by atoms with Crippen LogP contribution in [0.1, 0.15) is 48.0 Å². The first kappa shape index (κ1) is 15.0. The molecule has 3 rings (SSSR count). The molecule has 0 radical (unpaired) electrons. The van der Waals surface area contributed by atoms with Gasteiger partial charge in [-0.15, -0.1) is 0 Å². The minimum Gasteiger partial charge on any atom is -0.389 e. The fourth-order valence-electron chi connectivity index (χ4n) is 3.74. The van der Waals surface area contributed by atoms with Gasteiger partial charge in [-0.1, -0.05) is 60.7 Å². The van der Waals surface area contributed by atoms with Crippen LogP contribution >= 0.6 is 0 Å². The molecule has 1 aliphatic rings. The number of benzene rings is 2. The van der Waals surface area contributed by atoms with Gasteiger partial charge in [0, 0.05) is 5.56 Å². The predicted molar refractivity (Wildman–Crippen MR) is 87.9 cm³/mol. The van der Waals surface area contributed by atoms with E-state index in [4.69, 9.17) is 0 Å². The smallest absolute Gasteiger partial charge is 0.169 e. The van der Waals surface area contributed by atoms with Crippen molar-refractivity contribution in [2.24, 2.45) is 5.92 Å². The third-order valence-electron chi connectivity index (χ3n) is 4.84. The van der Waals surface area contributed by atoms with Crippen molar-refractivity contribution in [3.8, 4) is 0 Å². The molecule has 1 aliphatic carbocycles. The summed E-state index contributed by atoms with van der Waals surface area (Å²) in [6.45, 7) is 1.81. The van der Waals surface area contributed by atoms with Crippen LogP contribution in [0.2, 0.25) is 0 Å². The minimum atomic E-state index is -0.953. The molecule has 1 fully saturated rings. The summed E-state index contributed by atoms with van der Waals surface area (Å²) in [5.41, 5.74) is 0.887. The van der Waals surface area contributed by atoms with E-state index in [1.54, 1.807) is 0 Å². The molecule has 0 amide bonds. The number of Topliss-reactive ketones (excluding diaryl/α,β-unsaturated/α-hetero) is 1. The number of aliphatic hydroxyl groups is 1. The summed E-state index contributed by atoms with van der Waals surface area (Å²) >= 11 is 0. The topological polar surface area (TPSA) is 37.3 Å².